The van der Waals surface area contributed by atoms with Gasteiger partial charge >= 0.3 is 0 Å². The number of imidazole rings is 1. The fraction of sp³-hybridized carbons (Fsp3) is 0.571. The van der Waals surface area contributed by atoms with E-state index in [-0.39, 0.29) is 0 Å². The zero-order valence-corrected chi connectivity index (χ0v) is 16.9. The molecular weight excluding hydrogens is 322 g/mol. The summed E-state index contributed by atoms with van der Waals surface area (Å²) in [6.45, 7) is 12.2. The highest BCUT2D eigenvalue weighted by Gasteiger charge is 2.29. The first-order valence-electron chi connectivity index (χ1n) is 9.74. The Balaban J connectivity index is 1.88. The van der Waals surface area contributed by atoms with Crippen molar-refractivity contribution in [2.45, 2.75) is 32.9 Å². The fourth-order valence-electron chi connectivity index (χ4n) is 4.12. The van der Waals surface area contributed by atoms with Gasteiger partial charge in [-0.25, -0.2) is 4.98 Å². The molecule has 3 rings (SSSR count). The molecule has 0 saturated carbocycles. The van der Waals surface area contributed by atoms with E-state index in [2.05, 4.69) is 77.8 Å². The van der Waals surface area contributed by atoms with E-state index >= 15 is 0 Å². The van der Waals surface area contributed by atoms with Gasteiger partial charge in [0.2, 0.25) is 0 Å². The minimum absolute atomic E-state index is 0.351. The first kappa shape index (κ1) is 19.1. The third-order valence-corrected chi connectivity index (χ3v) is 5.59. The summed E-state index contributed by atoms with van der Waals surface area (Å²) in [5.41, 5.74) is 3.64. The Bertz CT molecular complexity index is 699. The van der Waals surface area contributed by atoms with Crippen LogP contribution in [0, 0.1) is 6.92 Å². The minimum atomic E-state index is 0.351. The number of piperazine rings is 1. The summed E-state index contributed by atoms with van der Waals surface area (Å²) in [5, 5.41) is 3.40. The molecule has 1 aliphatic heterocycles. The summed E-state index contributed by atoms with van der Waals surface area (Å²) < 4.78 is 2.29. The lowest BCUT2D eigenvalue weighted by atomic mass is 10.1. The van der Waals surface area contributed by atoms with Crippen LogP contribution < -0.4 is 5.32 Å². The number of benzene rings is 1. The summed E-state index contributed by atoms with van der Waals surface area (Å²) >= 11 is 0. The topological polar surface area (TPSA) is 36.3 Å². The van der Waals surface area contributed by atoms with Crippen molar-refractivity contribution in [3.8, 4) is 11.4 Å². The van der Waals surface area contributed by atoms with Gasteiger partial charge in [0.05, 0.1) is 17.4 Å². The molecule has 0 bridgehead atoms. The molecule has 5 heteroatoms. The fourth-order valence-corrected chi connectivity index (χ4v) is 4.12. The Morgan fingerprint density at radius 3 is 2.23 bits per heavy atom. The molecule has 142 valence electrons. The van der Waals surface area contributed by atoms with Crippen molar-refractivity contribution in [1.29, 1.82) is 0 Å². The van der Waals surface area contributed by atoms with Crippen molar-refractivity contribution in [2.75, 3.05) is 39.8 Å². The Labute approximate surface area is 158 Å². The van der Waals surface area contributed by atoms with Crippen molar-refractivity contribution >= 4 is 0 Å². The van der Waals surface area contributed by atoms with Crippen molar-refractivity contribution in [1.82, 2.24) is 24.7 Å². The van der Waals surface area contributed by atoms with Gasteiger partial charge in [-0.15, -0.1) is 0 Å². The summed E-state index contributed by atoms with van der Waals surface area (Å²) in [7, 11) is 4.20. The molecule has 1 aromatic carbocycles. The van der Waals surface area contributed by atoms with Crippen LogP contribution in [-0.4, -0.2) is 65.2 Å². The molecule has 0 spiro atoms. The summed E-state index contributed by atoms with van der Waals surface area (Å²) in [4.78, 5) is 10.1. The number of hydrogen-bond donors (Lipinski definition) is 1. The highest BCUT2D eigenvalue weighted by Crippen LogP contribution is 2.29. The predicted octanol–water partition coefficient (Wildman–Crippen LogP) is 2.68. The van der Waals surface area contributed by atoms with Gasteiger partial charge in [-0.3, -0.25) is 9.80 Å². The number of aryl methyl sites for hydroxylation is 1. The van der Waals surface area contributed by atoms with Gasteiger partial charge in [0.15, 0.2) is 0 Å². The van der Waals surface area contributed by atoms with Crippen LogP contribution in [0.25, 0.3) is 11.4 Å². The van der Waals surface area contributed by atoms with Gasteiger partial charge < -0.3 is 9.88 Å². The van der Waals surface area contributed by atoms with Crippen LogP contribution in [-0.2, 0) is 7.05 Å². The number of nitrogens with zero attached hydrogens (tertiary/aromatic N) is 4. The number of aromatic nitrogens is 2. The van der Waals surface area contributed by atoms with Gasteiger partial charge in [-0.2, -0.15) is 0 Å². The van der Waals surface area contributed by atoms with E-state index in [4.69, 9.17) is 4.98 Å². The maximum absolute atomic E-state index is 4.92. The molecule has 5 nitrogen and oxygen atoms in total. The van der Waals surface area contributed by atoms with Gasteiger partial charge in [0.1, 0.15) is 5.82 Å². The minimum Gasteiger partial charge on any atom is -0.329 e. The van der Waals surface area contributed by atoms with Crippen LogP contribution in [0.5, 0.6) is 0 Å². The molecular formula is C21H33N5. The van der Waals surface area contributed by atoms with Gasteiger partial charge in [0, 0.05) is 51.4 Å². The number of likely N-dealkylation sites (N-methyl/N-ethyl adjacent to an activating group) is 1. The third kappa shape index (κ3) is 3.85. The van der Waals surface area contributed by atoms with Crippen LogP contribution in [0.4, 0.5) is 0 Å². The predicted molar refractivity (Wildman–Crippen MR) is 108 cm³/mol. The second-order valence-corrected chi connectivity index (χ2v) is 7.57. The molecule has 1 aliphatic rings. The second-order valence-electron chi connectivity index (χ2n) is 7.57. The van der Waals surface area contributed by atoms with Gasteiger partial charge in [-0.05, 0) is 27.8 Å². The van der Waals surface area contributed by atoms with E-state index in [0.29, 0.717) is 12.1 Å². The van der Waals surface area contributed by atoms with Gasteiger partial charge in [0.25, 0.3) is 0 Å². The summed E-state index contributed by atoms with van der Waals surface area (Å²) in [5.74, 6) is 1.06. The summed E-state index contributed by atoms with van der Waals surface area (Å²) in [6.07, 6.45) is 0. The lowest BCUT2D eigenvalue weighted by molar-refractivity contribution is 0.0755. The zero-order valence-electron chi connectivity index (χ0n) is 16.9. The van der Waals surface area contributed by atoms with E-state index in [9.17, 15) is 0 Å². The maximum Gasteiger partial charge on any atom is 0.140 e. The quantitative estimate of drug-likeness (QED) is 0.864. The Morgan fingerprint density at radius 1 is 1.04 bits per heavy atom. The third-order valence-electron chi connectivity index (χ3n) is 5.59. The van der Waals surface area contributed by atoms with E-state index < -0.39 is 0 Å². The van der Waals surface area contributed by atoms with E-state index in [0.717, 1.165) is 44.2 Å². The second kappa shape index (κ2) is 8.33. The normalized spacial score (nSPS) is 17.8. The van der Waals surface area contributed by atoms with Crippen molar-refractivity contribution < 1.29 is 0 Å². The number of rotatable bonds is 6. The number of nitrogens with one attached hydrogen (secondary N) is 1. The molecule has 2 heterocycles. The average Bonchev–Trinajstić information content (AvgIpc) is 2.95. The average molecular weight is 356 g/mol. The Kier molecular flexibility index (Phi) is 6.12. The monoisotopic (exact) mass is 355 g/mol. The highest BCUT2D eigenvalue weighted by atomic mass is 15.3. The van der Waals surface area contributed by atoms with E-state index in [1.807, 2.05) is 7.05 Å². The maximum atomic E-state index is 4.92. The van der Waals surface area contributed by atoms with E-state index in [1.165, 1.54) is 11.3 Å². The molecule has 0 amide bonds. The summed E-state index contributed by atoms with van der Waals surface area (Å²) in [6, 6.07) is 11.5. The van der Waals surface area contributed by atoms with E-state index in [1.54, 1.807) is 0 Å². The molecule has 1 atom stereocenters. The number of hydrogen-bond acceptors (Lipinski definition) is 4. The van der Waals surface area contributed by atoms with Crippen molar-refractivity contribution in [3.63, 3.8) is 0 Å². The van der Waals surface area contributed by atoms with Crippen molar-refractivity contribution in [3.05, 3.63) is 41.7 Å². The lowest BCUT2D eigenvalue weighted by Crippen LogP contribution is -2.51. The standard InChI is InChI=1S/C21H33N5/c1-16(2)25-11-13-26(14-12-25)19(15-22-4)20-17(3)23-21(24(20)5)18-9-7-6-8-10-18/h6-10,16,19,22H,11-15H2,1-5H3. The molecule has 26 heavy (non-hydrogen) atoms. The Morgan fingerprint density at radius 2 is 1.65 bits per heavy atom. The van der Waals surface area contributed by atoms with Crippen LogP contribution in [0.1, 0.15) is 31.3 Å². The first-order chi connectivity index (χ1) is 12.5. The van der Waals surface area contributed by atoms with Gasteiger partial charge in [-0.1, -0.05) is 30.3 Å². The molecule has 2 aromatic rings. The van der Waals surface area contributed by atoms with Crippen LogP contribution in [0.15, 0.2) is 30.3 Å². The SMILES string of the molecule is CNCC(c1c(C)nc(-c2ccccc2)n1C)N1CCN(C(C)C)CC1. The molecule has 1 aromatic heterocycles. The lowest BCUT2D eigenvalue weighted by Gasteiger charge is -2.41. The molecule has 1 fully saturated rings. The molecule has 0 aliphatic carbocycles. The van der Waals surface area contributed by atoms with Crippen LogP contribution in [0.3, 0.4) is 0 Å². The van der Waals surface area contributed by atoms with Crippen LogP contribution in [0.2, 0.25) is 0 Å². The van der Waals surface area contributed by atoms with Crippen LogP contribution >= 0.6 is 0 Å². The molecule has 0 radical (unpaired) electrons. The zero-order chi connectivity index (χ0) is 18.7. The smallest absolute Gasteiger partial charge is 0.140 e. The molecule has 1 saturated heterocycles. The Hall–Kier alpha value is -1.69. The molecule has 1 unspecified atom stereocenters. The van der Waals surface area contributed by atoms with Crippen molar-refractivity contribution in [2.24, 2.45) is 7.05 Å². The first-order valence-corrected chi connectivity index (χ1v) is 9.74. The highest BCUT2D eigenvalue weighted by molar-refractivity contribution is 5.57. The molecule has 1 N–H and O–H groups in total. The largest absolute Gasteiger partial charge is 0.329 e.